The molecule has 5 heterocycles. The number of hydrogen-bond donors (Lipinski definition) is 1. The molecule has 0 bridgehead atoms. The summed E-state index contributed by atoms with van der Waals surface area (Å²) in [4.78, 5) is 11.0. The zero-order chi connectivity index (χ0) is 27.6. The van der Waals surface area contributed by atoms with Crippen molar-refractivity contribution in [2.45, 2.75) is 38.4 Å². The van der Waals surface area contributed by atoms with E-state index in [1.54, 1.807) is 39.4 Å². The van der Waals surface area contributed by atoms with Gasteiger partial charge in [-0.25, -0.2) is 14.5 Å². The van der Waals surface area contributed by atoms with Crippen LogP contribution in [0.2, 0.25) is 0 Å². The van der Waals surface area contributed by atoms with Gasteiger partial charge in [0.05, 0.1) is 36.2 Å². The third-order valence-corrected chi connectivity index (χ3v) is 6.44. The molecule has 11 heteroatoms. The third kappa shape index (κ3) is 5.71. The minimum atomic E-state index is -1.16. The molecule has 0 aromatic carbocycles. The lowest BCUT2D eigenvalue weighted by molar-refractivity contribution is 0.0267. The van der Waals surface area contributed by atoms with Gasteiger partial charge in [0.2, 0.25) is 5.88 Å². The van der Waals surface area contributed by atoms with E-state index >= 15 is 4.39 Å². The van der Waals surface area contributed by atoms with Crippen LogP contribution in [-0.4, -0.2) is 63.2 Å². The number of aromatic nitrogens is 4. The van der Waals surface area contributed by atoms with E-state index in [0.717, 1.165) is 36.3 Å². The number of halogens is 1. The highest BCUT2D eigenvalue weighted by Gasteiger charge is 2.24. The van der Waals surface area contributed by atoms with Crippen molar-refractivity contribution in [3.63, 3.8) is 0 Å². The summed E-state index contributed by atoms with van der Waals surface area (Å²) in [6.07, 6.45) is 6.42. The predicted octanol–water partition coefficient (Wildman–Crippen LogP) is 4.01. The fraction of sp³-hybridized carbons (Fsp3) is 0.357. The number of ether oxygens (including phenoxy) is 3. The van der Waals surface area contributed by atoms with E-state index in [9.17, 15) is 10.4 Å². The molecule has 1 aliphatic rings. The molecule has 0 unspecified atom stereocenters. The highest BCUT2D eigenvalue weighted by Crippen LogP contribution is 2.34. The second-order valence-corrected chi connectivity index (χ2v) is 9.99. The number of anilines is 1. The average Bonchev–Trinajstić information content (AvgIpc) is 3.38. The summed E-state index contributed by atoms with van der Waals surface area (Å²) in [5.41, 5.74) is 0.633. The first-order valence-corrected chi connectivity index (χ1v) is 12.6. The Bertz CT molecular complexity index is 1480. The molecule has 10 nitrogen and oxygen atoms in total. The number of methoxy groups -OCH3 is 1. The topological polar surface area (TPSA) is 118 Å². The summed E-state index contributed by atoms with van der Waals surface area (Å²) in [5.74, 6) is 1.24. The van der Waals surface area contributed by atoms with Crippen molar-refractivity contribution in [1.82, 2.24) is 19.6 Å². The molecule has 5 rings (SSSR count). The molecule has 4 aromatic rings. The standard InChI is InChI=1S/C28H29FN6O4/c1-28(2,36)17-38-23-12-22(26-19(13-30)15-33-35(26)27(23)29)18-4-6-24(31-14-18)34-10-8-20(9-11-34)39-21-5-7-25(37-3)32-16-21/h4-7,12,14-16,20,36H,8-11,17H2,1-3H3. The zero-order valence-electron chi connectivity index (χ0n) is 22.0. The molecular weight excluding hydrogens is 503 g/mol. The lowest BCUT2D eigenvalue weighted by Gasteiger charge is -2.33. The van der Waals surface area contributed by atoms with Crippen molar-refractivity contribution < 1.29 is 23.7 Å². The lowest BCUT2D eigenvalue weighted by Crippen LogP contribution is -2.38. The summed E-state index contributed by atoms with van der Waals surface area (Å²) in [7, 11) is 1.58. The van der Waals surface area contributed by atoms with Gasteiger partial charge in [0, 0.05) is 49.3 Å². The van der Waals surface area contributed by atoms with Gasteiger partial charge in [-0.1, -0.05) is 0 Å². The Kier molecular flexibility index (Phi) is 7.21. The van der Waals surface area contributed by atoms with Crippen molar-refractivity contribution in [1.29, 1.82) is 5.26 Å². The van der Waals surface area contributed by atoms with Crippen LogP contribution in [0.3, 0.4) is 0 Å². The highest BCUT2D eigenvalue weighted by atomic mass is 19.1. The SMILES string of the molecule is COc1ccc(OC2CCN(c3ccc(-c4cc(OCC(C)(C)O)c(F)n5ncc(C#N)c45)cn3)CC2)cn1. The summed E-state index contributed by atoms with van der Waals surface area (Å²) in [6.45, 7) is 4.57. The van der Waals surface area contributed by atoms with Crippen LogP contribution in [0.15, 0.2) is 48.9 Å². The van der Waals surface area contributed by atoms with Crippen molar-refractivity contribution in [3.8, 4) is 34.6 Å². The summed E-state index contributed by atoms with van der Waals surface area (Å²) in [5, 5.41) is 23.7. The Balaban J connectivity index is 1.33. The van der Waals surface area contributed by atoms with Crippen LogP contribution >= 0.6 is 0 Å². The Labute approximate surface area is 225 Å². The number of hydrogen-bond acceptors (Lipinski definition) is 9. The molecule has 202 valence electrons. The summed E-state index contributed by atoms with van der Waals surface area (Å²) in [6, 6.07) is 11.0. The van der Waals surface area contributed by atoms with E-state index in [2.05, 4.69) is 26.0 Å². The molecular formula is C28H29FN6O4. The van der Waals surface area contributed by atoms with Crippen molar-refractivity contribution in [2.75, 3.05) is 31.7 Å². The molecule has 1 saturated heterocycles. The quantitative estimate of drug-likeness (QED) is 0.336. The number of nitrogens with zero attached hydrogens (tertiary/aromatic N) is 6. The largest absolute Gasteiger partial charge is 0.489 e. The van der Waals surface area contributed by atoms with E-state index in [1.165, 1.54) is 12.3 Å². The molecule has 0 amide bonds. The second kappa shape index (κ2) is 10.7. The lowest BCUT2D eigenvalue weighted by atomic mass is 10.0. The number of aliphatic hydroxyl groups is 1. The van der Waals surface area contributed by atoms with Crippen LogP contribution in [0, 0.1) is 17.3 Å². The van der Waals surface area contributed by atoms with Gasteiger partial charge in [-0.3, -0.25) is 0 Å². The van der Waals surface area contributed by atoms with E-state index in [1.807, 2.05) is 18.2 Å². The van der Waals surface area contributed by atoms with Crippen LogP contribution < -0.4 is 19.1 Å². The van der Waals surface area contributed by atoms with Crippen LogP contribution in [0.25, 0.3) is 16.6 Å². The molecule has 1 fully saturated rings. The van der Waals surface area contributed by atoms with Gasteiger partial charge in [0.15, 0.2) is 5.75 Å². The minimum absolute atomic E-state index is 0.0783. The number of fused-ring (bicyclic) bond motifs is 1. The summed E-state index contributed by atoms with van der Waals surface area (Å²) < 4.78 is 32.9. The first-order chi connectivity index (χ1) is 18.8. The van der Waals surface area contributed by atoms with E-state index in [4.69, 9.17) is 14.2 Å². The van der Waals surface area contributed by atoms with Gasteiger partial charge >= 0.3 is 0 Å². The molecule has 4 aromatic heterocycles. The predicted molar refractivity (Wildman–Crippen MR) is 142 cm³/mol. The number of piperidine rings is 1. The molecule has 0 atom stereocenters. The Hall–Kier alpha value is -4.43. The molecule has 0 radical (unpaired) electrons. The first kappa shape index (κ1) is 26.2. The number of nitriles is 1. The first-order valence-electron chi connectivity index (χ1n) is 12.6. The number of rotatable bonds is 8. The van der Waals surface area contributed by atoms with Crippen LogP contribution in [0.4, 0.5) is 10.2 Å². The maximum atomic E-state index is 15.1. The van der Waals surface area contributed by atoms with E-state index in [0.29, 0.717) is 28.3 Å². The minimum Gasteiger partial charge on any atom is -0.489 e. The molecule has 1 aliphatic heterocycles. The van der Waals surface area contributed by atoms with Crippen LogP contribution in [0.1, 0.15) is 32.3 Å². The maximum absolute atomic E-state index is 15.1. The van der Waals surface area contributed by atoms with Crippen molar-refractivity contribution in [3.05, 3.63) is 60.4 Å². The molecule has 0 aliphatic carbocycles. The fourth-order valence-corrected chi connectivity index (χ4v) is 4.46. The second-order valence-electron chi connectivity index (χ2n) is 9.99. The zero-order valence-corrected chi connectivity index (χ0v) is 22.0. The average molecular weight is 533 g/mol. The number of pyridine rings is 3. The fourth-order valence-electron chi connectivity index (χ4n) is 4.46. The highest BCUT2D eigenvalue weighted by molar-refractivity contribution is 5.85. The van der Waals surface area contributed by atoms with Crippen LogP contribution in [0.5, 0.6) is 17.4 Å². The molecule has 0 spiro atoms. The van der Waals surface area contributed by atoms with Gasteiger partial charge < -0.3 is 24.2 Å². The van der Waals surface area contributed by atoms with E-state index < -0.39 is 11.5 Å². The Morgan fingerprint density at radius 2 is 1.92 bits per heavy atom. The van der Waals surface area contributed by atoms with Gasteiger partial charge in [-0.2, -0.15) is 14.8 Å². The van der Waals surface area contributed by atoms with Gasteiger partial charge in [0.1, 0.15) is 30.3 Å². The monoisotopic (exact) mass is 532 g/mol. The molecule has 0 saturated carbocycles. The van der Waals surface area contributed by atoms with Crippen molar-refractivity contribution in [2.24, 2.45) is 0 Å². The Morgan fingerprint density at radius 1 is 1.13 bits per heavy atom. The smallest absolute Gasteiger partial charge is 0.257 e. The maximum Gasteiger partial charge on any atom is 0.257 e. The van der Waals surface area contributed by atoms with Crippen molar-refractivity contribution >= 4 is 11.3 Å². The Morgan fingerprint density at radius 3 is 2.54 bits per heavy atom. The molecule has 39 heavy (non-hydrogen) atoms. The summed E-state index contributed by atoms with van der Waals surface area (Å²) >= 11 is 0. The van der Waals surface area contributed by atoms with Gasteiger partial charge in [-0.15, -0.1) is 0 Å². The van der Waals surface area contributed by atoms with Gasteiger partial charge in [0.25, 0.3) is 5.95 Å². The molecule has 1 N–H and O–H groups in total. The van der Waals surface area contributed by atoms with Gasteiger partial charge in [-0.05, 0) is 38.1 Å². The van der Waals surface area contributed by atoms with Crippen LogP contribution in [-0.2, 0) is 0 Å². The normalized spacial score (nSPS) is 14.3. The van der Waals surface area contributed by atoms with E-state index in [-0.39, 0.29) is 24.0 Å². The third-order valence-electron chi connectivity index (χ3n) is 6.44.